The molecular weight excluding hydrogens is 208 g/mol. The maximum absolute atomic E-state index is 10.8. The largest absolute Gasteiger partial charge is 0.497 e. The average molecular weight is 224 g/mol. The molecule has 0 amide bonds. The van der Waals surface area contributed by atoms with Crippen molar-refractivity contribution in [2.45, 2.75) is 13.3 Å². The van der Waals surface area contributed by atoms with Crippen molar-refractivity contribution in [3.8, 4) is 11.5 Å². The van der Waals surface area contributed by atoms with Crippen LogP contribution in [0.15, 0.2) is 24.3 Å². The normalized spacial score (nSPS) is 11.9. The lowest BCUT2D eigenvalue weighted by Crippen LogP contribution is -2.20. The number of methoxy groups -OCH3 is 1. The fourth-order valence-corrected chi connectivity index (χ4v) is 1.25. The van der Waals surface area contributed by atoms with Crippen LogP contribution in [0.4, 0.5) is 0 Å². The molecule has 1 aromatic carbocycles. The van der Waals surface area contributed by atoms with Gasteiger partial charge in [-0.2, -0.15) is 0 Å². The molecule has 1 aromatic rings. The maximum Gasteiger partial charge on any atom is 0.309 e. The van der Waals surface area contributed by atoms with Gasteiger partial charge in [-0.15, -0.1) is 0 Å². The van der Waals surface area contributed by atoms with E-state index in [-0.39, 0.29) is 6.61 Å². The maximum atomic E-state index is 10.8. The Hall–Kier alpha value is -1.71. The Bertz CT molecular complexity index is 349. The summed E-state index contributed by atoms with van der Waals surface area (Å²) < 4.78 is 10.4. The zero-order valence-corrected chi connectivity index (χ0v) is 9.47. The zero-order valence-electron chi connectivity index (χ0n) is 9.47. The van der Waals surface area contributed by atoms with Crippen LogP contribution in [0.3, 0.4) is 0 Å². The number of carboxylic acids is 1. The van der Waals surface area contributed by atoms with Crippen molar-refractivity contribution in [2.24, 2.45) is 5.92 Å². The van der Waals surface area contributed by atoms with Gasteiger partial charge >= 0.3 is 5.97 Å². The van der Waals surface area contributed by atoms with Gasteiger partial charge in [0.15, 0.2) is 0 Å². The predicted molar refractivity (Wildman–Crippen MR) is 59.9 cm³/mol. The van der Waals surface area contributed by atoms with Gasteiger partial charge in [-0.3, -0.25) is 4.79 Å². The van der Waals surface area contributed by atoms with Crippen LogP contribution in [0.25, 0.3) is 0 Å². The van der Waals surface area contributed by atoms with Crippen molar-refractivity contribution in [1.29, 1.82) is 0 Å². The molecule has 0 bridgehead atoms. The molecule has 0 radical (unpaired) electrons. The molecule has 0 saturated heterocycles. The molecule has 0 aliphatic heterocycles. The number of hydrogen-bond acceptors (Lipinski definition) is 3. The van der Waals surface area contributed by atoms with Crippen LogP contribution >= 0.6 is 0 Å². The summed E-state index contributed by atoms with van der Waals surface area (Å²) in [5, 5.41) is 8.85. The third-order valence-corrected chi connectivity index (χ3v) is 2.33. The van der Waals surface area contributed by atoms with Gasteiger partial charge in [0, 0.05) is 6.07 Å². The molecule has 0 heterocycles. The van der Waals surface area contributed by atoms with Gasteiger partial charge in [0.1, 0.15) is 18.1 Å². The van der Waals surface area contributed by atoms with E-state index in [9.17, 15) is 4.79 Å². The number of hydrogen-bond donors (Lipinski definition) is 1. The molecule has 1 N–H and O–H groups in total. The highest BCUT2D eigenvalue weighted by Gasteiger charge is 2.15. The van der Waals surface area contributed by atoms with Crippen molar-refractivity contribution < 1.29 is 19.4 Å². The molecule has 1 unspecified atom stereocenters. The van der Waals surface area contributed by atoms with Crippen molar-refractivity contribution >= 4 is 5.97 Å². The van der Waals surface area contributed by atoms with E-state index in [1.165, 1.54) is 0 Å². The molecule has 16 heavy (non-hydrogen) atoms. The Morgan fingerprint density at radius 3 is 2.69 bits per heavy atom. The Kier molecular flexibility index (Phi) is 4.64. The summed E-state index contributed by atoms with van der Waals surface area (Å²) >= 11 is 0. The second-order valence-corrected chi connectivity index (χ2v) is 3.43. The molecule has 0 spiro atoms. The van der Waals surface area contributed by atoms with E-state index in [0.717, 1.165) is 0 Å². The van der Waals surface area contributed by atoms with Gasteiger partial charge in [0.2, 0.25) is 0 Å². The monoisotopic (exact) mass is 224 g/mol. The van der Waals surface area contributed by atoms with Crippen molar-refractivity contribution in [2.75, 3.05) is 13.7 Å². The van der Waals surface area contributed by atoms with E-state index in [0.29, 0.717) is 17.9 Å². The minimum atomic E-state index is -0.828. The first kappa shape index (κ1) is 12.4. The summed E-state index contributed by atoms with van der Waals surface area (Å²) in [5.74, 6) is 0.0246. The molecule has 0 aliphatic rings. The number of benzene rings is 1. The van der Waals surface area contributed by atoms with Crippen molar-refractivity contribution in [3.63, 3.8) is 0 Å². The lowest BCUT2D eigenvalue weighted by Gasteiger charge is -2.12. The van der Waals surface area contributed by atoms with Crippen LogP contribution in [0, 0.1) is 5.92 Å². The van der Waals surface area contributed by atoms with Crippen LogP contribution in [0.5, 0.6) is 11.5 Å². The van der Waals surface area contributed by atoms with E-state index in [4.69, 9.17) is 14.6 Å². The summed E-state index contributed by atoms with van der Waals surface area (Å²) in [6.45, 7) is 2.01. The van der Waals surface area contributed by atoms with Gasteiger partial charge < -0.3 is 14.6 Å². The Labute approximate surface area is 94.8 Å². The van der Waals surface area contributed by atoms with E-state index < -0.39 is 11.9 Å². The molecule has 4 nitrogen and oxygen atoms in total. The smallest absolute Gasteiger partial charge is 0.309 e. The molecule has 0 saturated carbocycles. The van der Waals surface area contributed by atoms with E-state index in [1.807, 2.05) is 6.92 Å². The molecule has 0 aromatic heterocycles. The van der Waals surface area contributed by atoms with E-state index >= 15 is 0 Å². The first-order valence-electron chi connectivity index (χ1n) is 5.17. The third kappa shape index (κ3) is 3.46. The first-order valence-corrected chi connectivity index (χ1v) is 5.17. The molecule has 88 valence electrons. The van der Waals surface area contributed by atoms with Gasteiger partial charge in [-0.1, -0.05) is 13.0 Å². The highest BCUT2D eigenvalue weighted by molar-refractivity contribution is 5.70. The summed E-state index contributed by atoms with van der Waals surface area (Å²) in [6, 6.07) is 7.11. The third-order valence-electron chi connectivity index (χ3n) is 2.33. The Morgan fingerprint density at radius 2 is 2.12 bits per heavy atom. The Morgan fingerprint density at radius 1 is 1.44 bits per heavy atom. The van der Waals surface area contributed by atoms with Gasteiger partial charge in [-0.25, -0.2) is 0 Å². The summed E-state index contributed by atoms with van der Waals surface area (Å²) in [6.07, 6.45) is 0.555. The second-order valence-electron chi connectivity index (χ2n) is 3.43. The van der Waals surface area contributed by atoms with E-state index in [2.05, 4.69) is 0 Å². The molecule has 0 aliphatic carbocycles. The zero-order chi connectivity index (χ0) is 12.0. The van der Waals surface area contributed by atoms with Crippen molar-refractivity contribution in [3.05, 3.63) is 24.3 Å². The van der Waals surface area contributed by atoms with Crippen LogP contribution in [0.1, 0.15) is 13.3 Å². The molecular formula is C12H16O4. The number of rotatable bonds is 6. The lowest BCUT2D eigenvalue weighted by molar-refractivity contribution is -0.142. The molecule has 1 atom stereocenters. The highest BCUT2D eigenvalue weighted by Crippen LogP contribution is 2.19. The standard InChI is InChI=1S/C12H16O4/c1-3-9(12(13)14)8-16-11-6-4-5-10(7-11)15-2/h4-7,9H,3,8H2,1-2H3,(H,13,14). The molecule has 1 rings (SSSR count). The predicted octanol–water partition coefficient (Wildman–Crippen LogP) is 2.18. The minimum absolute atomic E-state index is 0.180. The highest BCUT2D eigenvalue weighted by atomic mass is 16.5. The SMILES string of the molecule is CCC(COc1cccc(OC)c1)C(=O)O. The van der Waals surface area contributed by atoms with Crippen LogP contribution in [-0.4, -0.2) is 24.8 Å². The number of ether oxygens (including phenoxy) is 2. The quantitative estimate of drug-likeness (QED) is 0.804. The number of aliphatic carboxylic acids is 1. The van der Waals surface area contributed by atoms with Crippen LogP contribution < -0.4 is 9.47 Å². The number of carbonyl (C=O) groups is 1. The summed E-state index contributed by atoms with van der Waals surface area (Å²) in [7, 11) is 1.57. The summed E-state index contributed by atoms with van der Waals surface area (Å²) in [4.78, 5) is 10.8. The van der Waals surface area contributed by atoms with Gasteiger partial charge in [-0.05, 0) is 18.6 Å². The summed E-state index contributed by atoms with van der Waals surface area (Å²) in [5.41, 5.74) is 0. The Balaban J connectivity index is 2.56. The topological polar surface area (TPSA) is 55.8 Å². The number of carboxylic acid groups (broad SMARTS) is 1. The molecule has 4 heteroatoms. The minimum Gasteiger partial charge on any atom is -0.497 e. The van der Waals surface area contributed by atoms with Gasteiger partial charge in [0.25, 0.3) is 0 Å². The molecule has 0 fully saturated rings. The van der Waals surface area contributed by atoms with E-state index in [1.54, 1.807) is 31.4 Å². The van der Waals surface area contributed by atoms with Crippen LogP contribution in [0.2, 0.25) is 0 Å². The van der Waals surface area contributed by atoms with Crippen LogP contribution in [-0.2, 0) is 4.79 Å². The van der Waals surface area contributed by atoms with Crippen molar-refractivity contribution in [1.82, 2.24) is 0 Å². The average Bonchev–Trinajstić information content (AvgIpc) is 2.29. The second kappa shape index (κ2) is 6.00. The fraction of sp³-hybridized carbons (Fsp3) is 0.417. The lowest BCUT2D eigenvalue weighted by atomic mass is 10.1. The first-order chi connectivity index (χ1) is 7.67. The van der Waals surface area contributed by atoms with Gasteiger partial charge in [0.05, 0.1) is 13.0 Å². The fourth-order valence-electron chi connectivity index (χ4n) is 1.25.